The molecule has 0 aromatic heterocycles. The van der Waals surface area contributed by atoms with Crippen molar-refractivity contribution < 1.29 is 9.53 Å². The first kappa shape index (κ1) is 12.3. The molecule has 0 unspecified atom stereocenters. The van der Waals surface area contributed by atoms with Crippen LogP contribution in [0.3, 0.4) is 0 Å². The van der Waals surface area contributed by atoms with Crippen molar-refractivity contribution in [3.63, 3.8) is 0 Å². The molecule has 0 N–H and O–H groups in total. The van der Waals surface area contributed by atoms with Gasteiger partial charge in [0.25, 0.3) is 0 Å². The lowest BCUT2D eigenvalue weighted by atomic mass is 10.2. The van der Waals surface area contributed by atoms with E-state index in [0.29, 0.717) is 28.1 Å². The van der Waals surface area contributed by atoms with Crippen molar-refractivity contribution >= 4 is 29.2 Å². The third-order valence-corrected chi connectivity index (χ3v) is 2.08. The smallest absolute Gasteiger partial charge is 0.338 e. The minimum Gasteiger partial charge on any atom is -0.462 e. The fraction of sp³-hybridized carbons (Fsp3) is 0.364. The van der Waals surface area contributed by atoms with Crippen molar-refractivity contribution in [1.82, 2.24) is 0 Å². The minimum absolute atomic E-state index is 0.309. The number of hydrogen-bond acceptors (Lipinski definition) is 2. The number of carbonyl (C=O) groups excluding carboxylic acids is 1. The molecular weight excluding hydrogens is 235 g/mol. The molecule has 1 aromatic carbocycles. The molecule has 0 heterocycles. The van der Waals surface area contributed by atoms with Crippen LogP contribution in [0, 0.1) is 5.92 Å². The van der Waals surface area contributed by atoms with E-state index in [0.717, 1.165) is 0 Å². The Kier molecular flexibility index (Phi) is 4.43. The summed E-state index contributed by atoms with van der Waals surface area (Å²) in [5.41, 5.74) is 0.383. The molecule has 4 heteroatoms. The summed E-state index contributed by atoms with van der Waals surface area (Å²) >= 11 is 11.5. The summed E-state index contributed by atoms with van der Waals surface area (Å²) in [5, 5.41) is 0.859. The Hall–Kier alpha value is -0.730. The highest BCUT2D eigenvalue weighted by molar-refractivity contribution is 6.35. The molecule has 0 aliphatic carbocycles. The first-order valence-electron chi connectivity index (χ1n) is 4.62. The van der Waals surface area contributed by atoms with Crippen LogP contribution in [-0.2, 0) is 4.74 Å². The summed E-state index contributed by atoms with van der Waals surface area (Å²) in [6.45, 7) is 4.33. The van der Waals surface area contributed by atoms with E-state index in [9.17, 15) is 4.79 Å². The van der Waals surface area contributed by atoms with Crippen LogP contribution >= 0.6 is 23.2 Å². The fourth-order valence-electron chi connectivity index (χ4n) is 0.997. The second-order valence-corrected chi connectivity index (χ2v) is 4.52. The zero-order chi connectivity index (χ0) is 11.4. The summed E-state index contributed by atoms with van der Waals surface area (Å²) in [6, 6.07) is 4.65. The van der Waals surface area contributed by atoms with Gasteiger partial charge in [-0.15, -0.1) is 0 Å². The van der Waals surface area contributed by atoms with Gasteiger partial charge >= 0.3 is 5.97 Å². The molecule has 0 atom stereocenters. The lowest BCUT2D eigenvalue weighted by Crippen LogP contribution is -2.10. The van der Waals surface area contributed by atoms with Gasteiger partial charge in [-0.05, 0) is 24.1 Å². The minimum atomic E-state index is -0.395. The summed E-state index contributed by atoms with van der Waals surface area (Å²) < 4.78 is 5.04. The van der Waals surface area contributed by atoms with E-state index in [1.807, 2.05) is 13.8 Å². The van der Waals surface area contributed by atoms with Crippen LogP contribution in [0.2, 0.25) is 10.0 Å². The summed E-state index contributed by atoms with van der Waals surface area (Å²) in [7, 11) is 0. The molecular formula is C11H12Cl2O2. The van der Waals surface area contributed by atoms with E-state index in [-0.39, 0.29) is 0 Å². The quantitative estimate of drug-likeness (QED) is 0.759. The molecule has 0 amide bonds. The van der Waals surface area contributed by atoms with Gasteiger partial charge in [-0.3, -0.25) is 0 Å². The van der Waals surface area contributed by atoms with Gasteiger partial charge < -0.3 is 4.74 Å². The van der Waals surface area contributed by atoms with Crippen LogP contribution in [-0.4, -0.2) is 12.6 Å². The van der Waals surface area contributed by atoms with Gasteiger partial charge in [0, 0.05) is 10.0 Å². The van der Waals surface area contributed by atoms with Crippen molar-refractivity contribution in [3.05, 3.63) is 33.8 Å². The van der Waals surface area contributed by atoms with E-state index in [4.69, 9.17) is 27.9 Å². The standard InChI is InChI=1S/C11H12Cl2O2/c1-7(2)6-15-11(14)8-3-9(12)5-10(13)4-8/h3-5,7H,6H2,1-2H3. The van der Waals surface area contributed by atoms with Gasteiger partial charge in [0.15, 0.2) is 0 Å². The molecule has 0 fully saturated rings. The molecule has 1 rings (SSSR count). The number of halogens is 2. The molecule has 2 nitrogen and oxygen atoms in total. The molecule has 0 saturated carbocycles. The third-order valence-electron chi connectivity index (χ3n) is 1.65. The van der Waals surface area contributed by atoms with Gasteiger partial charge in [0.05, 0.1) is 12.2 Å². The second kappa shape index (κ2) is 5.38. The molecule has 0 radical (unpaired) electrons. The molecule has 82 valence electrons. The van der Waals surface area contributed by atoms with Crippen LogP contribution in [0.15, 0.2) is 18.2 Å². The van der Waals surface area contributed by atoms with E-state index < -0.39 is 5.97 Å². The highest BCUT2D eigenvalue weighted by atomic mass is 35.5. The molecule has 0 aliphatic heterocycles. The first-order valence-corrected chi connectivity index (χ1v) is 5.38. The van der Waals surface area contributed by atoms with Gasteiger partial charge in [-0.2, -0.15) is 0 Å². The maximum Gasteiger partial charge on any atom is 0.338 e. The van der Waals surface area contributed by atoms with Crippen molar-refractivity contribution in [2.24, 2.45) is 5.92 Å². The summed E-state index contributed by atoms with van der Waals surface area (Å²) in [6.07, 6.45) is 0. The Labute approximate surface area is 99.1 Å². The number of esters is 1. The average Bonchev–Trinajstić information content (AvgIpc) is 2.12. The third kappa shape index (κ3) is 4.10. The number of ether oxygens (including phenoxy) is 1. The highest BCUT2D eigenvalue weighted by Crippen LogP contribution is 2.19. The van der Waals surface area contributed by atoms with Crippen molar-refractivity contribution in [1.29, 1.82) is 0 Å². The Bertz CT molecular complexity index is 341. The summed E-state index contributed by atoms with van der Waals surface area (Å²) in [4.78, 5) is 11.5. The molecule has 0 spiro atoms. The Morgan fingerprint density at radius 1 is 1.27 bits per heavy atom. The highest BCUT2D eigenvalue weighted by Gasteiger charge is 2.09. The number of benzene rings is 1. The van der Waals surface area contributed by atoms with Gasteiger partial charge in [0.2, 0.25) is 0 Å². The predicted octanol–water partition coefficient (Wildman–Crippen LogP) is 3.81. The molecule has 0 saturated heterocycles. The van der Waals surface area contributed by atoms with Crippen molar-refractivity contribution in [2.75, 3.05) is 6.61 Å². The van der Waals surface area contributed by atoms with E-state index in [2.05, 4.69) is 0 Å². The van der Waals surface area contributed by atoms with Gasteiger partial charge in [-0.1, -0.05) is 37.0 Å². The first-order chi connectivity index (χ1) is 6.99. The molecule has 0 bridgehead atoms. The Balaban J connectivity index is 2.73. The monoisotopic (exact) mass is 246 g/mol. The second-order valence-electron chi connectivity index (χ2n) is 3.65. The van der Waals surface area contributed by atoms with E-state index in [1.165, 1.54) is 12.1 Å². The molecule has 0 aliphatic rings. The van der Waals surface area contributed by atoms with Gasteiger partial charge in [0.1, 0.15) is 0 Å². The fourth-order valence-corrected chi connectivity index (χ4v) is 1.52. The molecule has 15 heavy (non-hydrogen) atoms. The zero-order valence-corrected chi connectivity index (χ0v) is 10.1. The average molecular weight is 247 g/mol. The zero-order valence-electron chi connectivity index (χ0n) is 8.59. The maximum absolute atomic E-state index is 11.5. The lowest BCUT2D eigenvalue weighted by molar-refractivity contribution is 0.0459. The molecule has 1 aromatic rings. The maximum atomic E-state index is 11.5. The normalized spacial score (nSPS) is 10.5. The Morgan fingerprint density at radius 2 is 1.80 bits per heavy atom. The number of carbonyl (C=O) groups is 1. The van der Waals surface area contributed by atoms with Crippen LogP contribution in [0.5, 0.6) is 0 Å². The van der Waals surface area contributed by atoms with Crippen LogP contribution in [0.4, 0.5) is 0 Å². The van der Waals surface area contributed by atoms with E-state index in [1.54, 1.807) is 6.07 Å². The SMILES string of the molecule is CC(C)COC(=O)c1cc(Cl)cc(Cl)c1. The van der Waals surface area contributed by atoms with Crippen molar-refractivity contribution in [3.8, 4) is 0 Å². The van der Waals surface area contributed by atoms with E-state index >= 15 is 0 Å². The van der Waals surface area contributed by atoms with Crippen molar-refractivity contribution in [2.45, 2.75) is 13.8 Å². The number of rotatable bonds is 3. The van der Waals surface area contributed by atoms with Crippen LogP contribution < -0.4 is 0 Å². The Morgan fingerprint density at radius 3 is 2.27 bits per heavy atom. The van der Waals surface area contributed by atoms with Crippen LogP contribution in [0.25, 0.3) is 0 Å². The predicted molar refractivity (Wildman–Crippen MR) is 61.6 cm³/mol. The lowest BCUT2D eigenvalue weighted by Gasteiger charge is -2.07. The summed E-state index contributed by atoms with van der Waals surface area (Å²) in [5.74, 6) is -0.0864. The van der Waals surface area contributed by atoms with Gasteiger partial charge in [-0.25, -0.2) is 4.79 Å². The topological polar surface area (TPSA) is 26.3 Å². The van der Waals surface area contributed by atoms with Crippen LogP contribution in [0.1, 0.15) is 24.2 Å². The number of hydrogen-bond donors (Lipinski definition) is 0. The largest absolute Gasteiger partial charge is 0.462 e.